The number of halogens is 1. The van der Waals surface area contributed by atoms with Crippen LogP contribution in [0.2, 0.25) is 0 Å². The normalized spacial score (nSPS) is 19.2. The van der Waals surface area contributed by atoms with E-state index in [9.17, 15) is 4.39 Å². The Morgan fingerprint density at radius 3 is 2.20 bits per heavy atom. The van der Waals surface area contributed by atoms with Crippen molar-refractivity contribution in [3.8, 4) is 11.1 Å². The first-order valence-electron chi connectivity index (χ1n) is 13.7. The fraction of sp³-hybridized carbons (Fsp3) is 0.412. The number of benzene rings is 3. The van der Waals surface area contributed by atoms with Gasteiger partial charge in [-0.1, -0.05) is 111 Å². The molecule has 1 atom stereocenters. The van der Waals surface area contributed by atoms with E-state index in [2.05, 4.69) is 73.7 Å². The topological polar surface area (TPSA) is 0 Å². The van der Waals surface area contributed by atoms with Gasteiger partial charge in [-0.3, -0.25) is 0 Å². The van der Waals surface area contributed by atoms with Crippen molar-refractivity contribution in [1.29, 1.82) is 0 Å². The molecule has 4 rings (SSSR count). The van der Waals surface area contributed by atoms with Crippen molar-refractivity contribution in [3.63, 3.8) is 0 Å². The lowest BCUT2D eigenvalue weighted by molar-refractivity contribution is 0.245. The van der Waals surface area contributed by atoms with E-state index >= 15 is 0 Å². The van der Waals surface area contributed by atoms with Crippen molar-refractivity contribution in [2.24, 2.45) is 11.8 Å². The molecular formula is C34H41F. The van der Waals surface area contributed by atoms with Gasteiger partial charge in [-0.15, -0.1) is 0 Å². The van der Waals surface area contributed by atoms with Gasteiger partial charge in [-0.05, 0) is 90.7 Å². The number of aryl methyl sites for hydroxylation is 2. The van der Waals surface area contributed by atoms with Gasteiger partial charge < -0.3 is 0 Å². The van der Waals surface area contributed by atoms with Gasteiger partial charge in [0.15, 0.2) is 0 Å². The minimum atomic E-state index is -0.0927. The Morgan fingerprint density at radius 1 is 0.829 bits per heavy atom. The second kappa shape index (κ2) is 12.9. The zero-order valence-electron chi connectivity index (χ0n) is 21.6. The summed E-state index contributed by atoms with van der Waals surface area (Å²) in [6, 6.07) is 25.5. The molecule has 0 bridgehead atoms. The van der Waals surface area contributed by atoms with E-state index in [0.717, 1.165) is 47.8 Å². The highest BCUT2D eigenvalue weighted by Crippen LogP contribution is 2.37. The summed E-state index contributed by atoms with van der Waals surface area (Å²) in [6.07, 6.45) is 15.0. The Hall–Kier alpha value is -2.67. The van der Waals surface area contributed by atoms with Gasteiger partial charge in [0.05, 0.1) is 0 Å². The van der Waals surface area contributed by atoms with Crippen LogP contribution in [0.4, 0.5) is 4.39 Å². The fourth-order valence-corrected chi connectivity index (χ4v) is 5.74. The van der Waals surface area contributed by atoms with Crippen LogP contribution in [0.3, 0.4) is 0 Å². The molecule has 0 unspecified atom stereocenters. The molecule has 184 valence electrons. The van der Waals surface area contributed by atoms with Crippen molar-refractivity contribution < 1.29 is 4.39 Å². The standard InChI is InChI=1S/C34H41F/c1-3-4-6-11-32-22-23-33(25-34(32)35)31-20-18-28(19-21-31)13-12-27-14-16-29(17-15-27)24-26(2)30-9-7-5-8-10-30/h3-5,7-10,18-23,25-27,29H,6,11-17,24H2,1-2H3/t26-,27?,29?/m1/s1. The maximum absolute atomic E-state index is 14.5. The summed E-state index contributed by atoms with van der Waals surface area (Å²) in [5.74, 6) is 2.32. The summed E-state index contributed by atoms with van der Waals surface area (Å²) >= 11 is 0. The first kappa shape index (κ1) is 25.4. The number of hydrogen-bond acceptors (Lipinski definition) is 0. The summed E-state index contributed by atoms with van der Waals surface area (Å²) in [5, 5.41) is 0. The van der Waals surface area contributed by atoms with E-state index in [0.29, 0.717) is 5.92 Å². The maximum atomic E-state index is 14.5. The van der Waals surface area contributed by atoms with Crippen LogP contribution in [0.25, 0.3) is 11.1 Å². The van der Waals surface area contributed by atoms with E-state index in [-0.39, 0.29) is 5.82 Å². The summed E-state index contributed by atoms with van der Waals surface area (Å²) in [5.41, 5.74) is 5.75. The minimum absolute atomic E-state index is 0.0927. The van der Waals surface area contributed by atoms with E-state index in [1.54, 1.807) is 6.07 Å². The highest BCUT2D eigenvalue weighted by Gasteiger charge is 2.23. The molecule has 0 aromatic heterocycles. The molecule has 0 saturated heterocycles. The van der Waals surface area contributed by atoms with Crippen LogP contribution in [-0.4, -0.2) is 0 Å². The van der Waals surface area contributed by atoms with Crippen LogP contribution >= 0.6 is 0 Å². The van der Waals surface area contributed by atoms with E-state index in [1.807, 2.05) is 19.1 Å². The molecule has 0 amide bonds. The third-order valence-electron chi connectivity index (χ3n) is 8.02. The predicted octanol–water partition coefficient (Wildman–Crippen LogP) is 9.93. The van der Waals surface area contributed by atoms with Crippen molar-refractivity contribution in [1.82, 2.24) is 0 Å². The summed E-state index contributed by atoms with van der Waals surface area (Å²) in [7, 11) is 0. The van der Waals surface area contributed by atoms with Gasteiger partial charge >= 0.3 is 0 Å². The third kappa shape index (κ3) is 7.40. The van der Waals surface area contributed by atoms with Crippen LogP contribution < -0.4 is 0 Å². The second-order valence-electron chi connectivity index (χ2n) is 10.6. The zero-order valence-corrected chi connectivity index (χ0v) is 21.6. The Labute approximate surface area is 212 Å². The Bertz CT molecular complexity index is 1060. The number of allylic oxidation sites excluding steroid dienone is 2. The first-order valence-corrected chi connectivity index (χ1v) is 13.7. The Morgan fingerprint density at radius 2 is 1.51 bits per heavy atom. The molecule has 0 nitrogen and oxygen atoms in total. The molecule has 0 heterocycles. The SMILES string of the molecule is CC=CCCc1ccc(-c2ccc(CCC3CCC(C[C@@H](C)c4ccccc4)CC3)cc2)cc1F. The summed E-state index contributed by atoms with van der Waals surface area (Å²) in [4.78, 5) is 0. The molecule has 1 aliphatic carbocycles. The van der Waals surface area contributed by atoms with E-state index in [4.69, 9.17) is 0 Å². The Kier molecular flexibility index (Phi) is 9.35. The van der Waals surface area contributed by atoms with Gasteiger partial charge in [-0.2, -0.15) is 0 Å². The van der Waals surface area contributed by atoms with Crippen molar-refractivity contribution in [3.05, 3.63) is 107 Å². The molecule has 0 spiro atoms. The smallest absolute Gasteiger partial charge is 0.127 e. The molecule has 1 aliphatic rings. The van der Waals surface area contributed by atoms with Crippen molar-refractivity contribution in [2.75, 3.05) is 0 Å². The van der Waals surface area contributed by atoms with Crippen LogP contribution in [-0.2, 0) is 12.8 Å². The molecule has 0 aliphatic heterocycles. The first-order chi connectivity index (χ1) is 17.1. The molecule has 0 N–H and O–H groups in total. The second-order valence-corrected chi connectivity index (χ2v) is 10.6. The summed E-state index contributed by atoms with van der Waals surface area (Å²) in [6.45, 7) is 4.39. The monoisotopic (exact) mass is 468 g/mol. The zero-order chi connectivity index (χ0) is 24.5. The minimum Gasteiger partial charge on any atom is -0.207 e. The molecule has 1 saturated carbocycles. The van der Waals surface area contributed by atoms with E-state index in [1.165, 1.54) is 49.7 Å². The average molecular weight is 469 g/mol. The molecule has 3 aromatic rings. The fourth-order valence-electron chi connectivity index (χ4n) is 5.74. The molecule has 0 radical (unpaired) electrons. The lowest BCUT2D eigenvalue weighted by Crippen LogP contribution is -2.16. The van der Waals surface area contributed by atoms with Gasteiger partial charge in [0, 0.05) is 0 Å². The molecule has 1 fully saturated rings. The van der Waals surface area contributed by atoms with Crippen LogP contribution in [0, 0.1) is 17.7 Å². The lowest BCUT2D eigenvalue weighted by atomic mass is 9.75. The van der Waals surface area contributed by atoms with Crippen LogP contribution in [0.15, 0.2) is 84.9 Å². The molecular weight excluding hydrogens is 427 g/mol. The van der Waals surface area contributed by atoms with Gasteiger partial charge in [0.2, 0.25) is 0 Å². The van der Waals surface area contributed by atoms with Gasteiger partial charge in [0.1, 0.15) is 5.82 Å². The lowest BCUT2D eigenvalue weighted by Gasteiger charge is -2.30. The summed E-state index contributed by atoms with van der Waals surface area (Å²) < 4.78 is 14.5. The van der Waals surface area contributed by atoms with Crippen LogP contribution in [0.1, 0.15) is 81.4 Å². The maximum Gasteiger partial charge on any atom is 0.127 e. The average Bonchev–Trinajstić information content (AvgIpc) is 2.90. The van der Waals surface area contributed by atoms with Crippen molar-refractivity contribution in [2.45, 2.75) is 77.6 Å². The molecule has 1 heteroatoms. The van der Waals surface area contributed by atoms with Crippen molar-refractivity contribution >= 4 is 0 Å². The Balaban J connectivity index is 1.22. The predicted molar refractivity (Wildman–Crippen MR) is 148 cm³/mol. The van der Waals surface area contributed by atoms with Gasteiger partial charge in [-0.25, -0.2) is 4.39 Å². The van der Waals surface area contributed by atoms with E-state index < -0.39 is 0 Å². The third-order valence-corrected chi connectivity index (χ3v) is 8.02. The van der Waals surface area contributed by atoms with Crippen LogP contribution in [0.5, 0.6) is 0 Å². The molecule has 35 heavy (non-hydrogen) atoms. The van der Waals surface area contributed by atoms with Gasteiger partial charge in [0.25, 0.3) is 0 Å². The number of rotatable bonds is 10. The number of hydrogen-bond donors (Lipinski definition) is 0. The molecule has 3 aromatic carbocycles. The largest absolute Gasteiger partial charge is 0.207 e. The highest BCUT2D eigenvalue weighted by atomic mass is 19.1. The quantitative estimate of drug-likeness (QED) is 0.260. The highest BCUT2D eigenvalue weighted by molar-refractivity contribution is 5.64.